The van der Waals surface area contributed by atoms with Crippen LogP contribution in [0.25, 0.3) is 0 Å². The second kappa shape index (κ2) is 6.83. The van der Waals surface area contributed by atoms with Crippen molar-refractivity contribution in [3.63, 3.8) is 0 Å². The lowest BCUT2D eigenvalue weighted by Crippen LogP contribution is -2.35. The van der Waals surface area contributed by atoms with Crippen LogP contribution in [0.5, 0.6) is 5.75 Å². The SMILES string of the molecule is CCCCCN1CC(O)(c2cc(C(F)(F)F)ccc2O)c2ccccc21. The minimum atomic E-state index is -4.54. The van der Waals surface area contributed by atoms with Gasteiger partial charge in [0.25, 0.3) is 0 Å². The van der Waals surface area contributed by atoms with Gasteiger partial charge < -0.3 is 15.1 Å². The molecule has 0 fully saturated rings. The fraction of sp³-hybridized carbons (Fsp3) is 0.400. The molecule has 2 aromatic carbocycles. The van der Waals surface area contributed by atoms with E-state index in [1.807, 2.05) is 17.0 Å². The molecule has 2 N–H and O–H groups in total. The zero-order valence-corrected chi connectivity index (χ0v) is 14.6. The van der Waals surface area contributed by atoms with E-state index in [-0.39, 0.29) is 17.9 Å². The van der Waals surface area contributed by atoms with Crippen LogP contribution < -0.4 is 4.90 Å². The number of para-hydroxylation sites is 1. The first-order chi connectivity index (χ1) is 12.3. The Morgan fingerprint density at radius 2 is 1.81 bits per heavy atom. The number of nitrogens with zero attached hydrogens (tertiary/aromatic N) is 1. The third kappa shape index (κ3) is 3.26. The van der Waals surface area contributed by atoms with Gasteiger partial charge in [0.05, 0.1) is 12.1 Å². The molecule has 1 aliphatic rings. The number of phenolic OH excluding ortho intramolecular Hbond substituents is 1. The molecule has 6 heteroatoms. The number of benzene rings is 2. The van der Waals surface area contributed by atoms with Crippen molar-refractivity contribution < 1.29 is 23.4 Å². The number of fused-ring (bicyclic) bond motifs is 1. The van der Waals surface area contributed by atoms with Crippen molar-refractivity contribution in [2.75, 3.05) is 18.0 Å². The van der Waals surface area contributed by atoms with E-state index in [2.05, 4.69) is 6.92 Å². The fourth-order valence-corrected chi connectivity index (χ4v) is 3.57. The van der Waals surface area contributed by atoms with E-state index in [0.717, 1.165) is 43.1 Å². The van der Waals surface area contributed by atoms with E-state index in [9.17, 15) is 23.4 Å². The highest BCUT2D eigenvalue weighted by molar-refractivity contribution is 5.66. The van der Waals surface area contributed by atoms with Crippen LogP contribution in [-0.2, 0) is 11.8 Å². The Bertz CT molecular complexity index is 791. The molecule has 0 saturated carbocycles. The summed E-state index contributed by atoms with van der Waals surface area (Å²) in [6.07, 6.45) is -1.53. The number of halogens is 3. The van der Waals surface area contributed by atoms with Gasteiger partial charge in [-0.05, 0) is 30.7 Å². The molecular weight excluding hydrogens is 343 g/mol. The number of β-amino-alcohol motifs (C(OH)–C–C–N with tert-alkyl or cyclic N) is 1. The Morgan fingerprint density at radius 3 is 2.50 bits per heavy atom. The number of aromatic hydroxyl groups is 1. The standard InChI is InChI=1S/C20H22F3NO2/c1-2-3-6-11-24-13-19(26,15-7-4-5-8-17(15)24)16-12-14(20(21,22)23)9-10-18(16)25/h4-5,7-10,12,25-26H,2-3,6,11,13H2,1H3. The molecule has 0 spiro atoms. The molecule has 0 aliphatic carbocycles. The van der Waals surface area contributed by atoms with Crippen LogP contribution in [0.4, 0.5) is 18.9 Å². The summed E-state index contributed by atoms with van der Waals surface area (Å²) < 4.78 is 39.3. The Labute approximate surface area is 150 Å². The third-order valence-electron chi connectivity index (χ3n) is 4.91. The zero-order valence-electron chi connectivity index (χ0n) is 14.6. The van der Waals surface area contributed by atoms with Crippen LogP contribution in [0.15, 0.2) is 42.5 Å². The van der Waals surface area contributed by atoms with E-state index in [4.69, 9.17) is 0 Å². The minimum Gasteiger partial charge on any atom is -0.508 e. The molecule has 1 atom stereocenters. The maximum Gasteiger partial charge on any atom is 0.416 e. The smallest absolute Gasteiger partial charge is 0.416 e. The highest BCUT2D eigenvalue weighted by Crippen LogP contribution is 2.47. The summed E-state index contributed by atoms with van der Waals surface area (Å²) in [5.74, 6) is -0.342. The van der Waals surface area contributed by atoms with Gasteiger partial charge in [-0.15, -0.1) is 0 Å². The number of anilines is 1. The number of hydrogen-bond acceptors (Lipinski definition) is 3. The molecule has 0 saturated heterocycles. The van der Waals surface area contributed by atoms with Gasteiger partial charge in [0.1, 0.15) is 11.4 Å². The highest BCUT2D eigenvalue weighted by atomic mass is 19.4. The average molecular weight is 365 g/mol. The van der Waals surface area contributed by atoms with Gasteiger partial charge >= 0.3 is 6.18 Å². The molecule has 140 valence electrons. The molecule has 1 heterocycles. The summed E-state index contributed by atoms with van der Waals surface area (Å²) in [4.78, 5) is 1.98. The van der Waals surface area contributed by atoms with E-state index in [1.54, 1.807) is 12.1 Å². The summed E-state index contributed by atoms with van der Waals surface area (Å²) >= 11 is 0. The predicted molar refractivity (Wildman–Crippen MR) is 94.3 cm³/mol. The average Bonchev–Trinajstić information content (AvgIpc) is 2.88. The molecule has 3 nitrogen and oxygen atoms in total. The molecule has 0 amide bonds. The Balaban J connectivity index is 2.05. The van der Waals surface area contributed by atoms with Gasteiger partial charge in [-0.1, -0.05) is 38.0 Å². The van der Waals surface area contributed by atoms with Crippen LogP contribution in [0, 0.1) is 0 Å². The number of phenols is 1. The van der Waals surface area contributed by atoms with Crippen molar-refractivity contribution in [1.82, 2.24) is 0 Å². The lowest BCUT2D eigenvalue weighted by atomic mass is 9.86. The molecule has 2 aromatic rings. The molecule has 0 bridgehead atoms. The number of hydrogen-bond donors (Lipinski definition) is 2. The van der Waals surface area contributed by atoms with E-state index in [1.165, 1.54) is 0 Å². The molecule has 26 heavy (non-hydrogen) atoms. The minimum absolute atomic E-state index is 0.113. The number of rotatable bonds is 5. The van der Waals surface area contributed by atoms with Crippen molar-refractivity contribution in [1.29, 1.82) is 0 Å². The first-order valence-corrected chi connectivity index (χ1v) is 8.75. The molecule has 1 aliphatic heterocycles. The van der Waals surface area contributed by atoms with Gasteiger partial charge in [-0.2, -0.15) is 13.2 Å². The lowest BCUT2D eigenvalue weighted by Gasteiger charge is -2.27. The summed E-state index contributed by atoms with van der Waals surface area (Å²) in [7, 11) is 0. The van der Waals surface area contributed by atoms with Crippen molar-refractivity contribution in [3.8, 4) is 5.75 Å². The van der Waals surface area contributed by atoms with E-state index < -0.39 is 17.3 Å². The molecular formula is C20H22F3NO2. The third-order valence-corrected chi connectivity index (χ3v) is 4.91. The van der Waals surface area contributed by atoms with Crippen LogP contribution in [-0.4, -0.2) is 23.3 Å². The molecule has 1 unspecified atom stereocenters. The second-order valence-corrected chi connectivity index (χ2v) is 6.74. The fourth-order valence-electron chi connectivity index (χ4n) is 3.57. The van der Waals surface area contributed by atoms with E-state index in [0.29, 0.717) is 12.1 Å². The topological polar surface area (TPSA) is 43.7 Å². The highest BCUT2D eigenvalue weighted by Gasteiger charge is 2.45. The van der Waals surface area contributed by atoms with Crippen molar-refractivity contribution in [2.24, 2.45) is 0 Å². The van der Waals surface area contributed by atoms with Gasteiger partial charge in [-0.25, -0.2) is 0 Å². The van der Waals surface area contributed by atoms with Gasteiger partial charge in [0.15, 0.2) is 0 Å². The Morgan fingerprint density at radius 1 is 1.08 bits per heavy atom. The van der Waals surface area contributed by atoms with Gasteiger partial charge in [0.2, 0.25) is 0 Å². The number of alkyl halides is 3. The number of aliphatic hydroxyl groups is 1. The Kier molecular flexibility index (Phi) is 4.88. The van der Waals surface area contributed by atoms with Crippen molar-refractivity contribution >= 4 is 5.69 Å². The molecule has 0 aromatic heterocycles. The second-order valence-electron chi connectivity index (χ2n) is 6.74. The number of unbranched alkanes of at least 4 members (excludes halogenated alkanes) is 2. The predicted octanol–water partition coefficient (Wildman–Crippen LogP) is 4.66. The van der Waals surface area contributed by atoms with Crippen molar-refractivity contribution in [2.45, 2.75) is 38.0 Å². The summed E-state index contributed by atoms with van der Waals surface area (Å²) in [5, 5.41) is 21.6. The quantitative estimate of drug-likeness (QED) is 0.758. The first-order valence-electron chi connectivity index (χ1n) is 8.75. The summed E-state index contributed by atoms with van der Waals surface area (Å²) in [6, 6.07) is 9.80. The molecule has 0 radical (unpaired) electrons. The van der Waals surface area contributed by atoms with Gasteiger partial charge in [0, 0.05) is 23.4 Å². The van der Waals surface area contributed by atoms with Crippen LogP contribution >= 0.6 is 0 Å². The normalized spacial score (nSPS) is 19.7. The maximum atomic E-state index is 13.1. The summed E-state index contributed by atoms with van der Waals surface area (Å²) in [5.41, 5.74) is -1.37. The van der Waals surface area contributed by atoms with Gasteiger partial charge in [-0.3, -0.25) is 0 Å². The van der Waals surface area contributed by atoms with Crippen LogP contribution in [0.2, 0.25) is 0 Å². The monoisotopic (exact) mass is 365 g/mol. The molecule has 3 rings (SSSR count). The maximum absolute atomic E-state index is 13.1. The van der Waals surface area contributed by atoms with Crippen LogP contribution in [0.1, 0.15) is 42.9 Å². The largest absolute Gasteiger partial charge is 0.508 e. The first kappa shape index (κ1) is 18.6. The zero-order chi connectivity index (χ0) is 18.9. The summed E-state index contributed by atoms with van der Waals surface area (Å²) in [6.45, 7) is 2.91. The van der Waals surface area contributed by atoms with Crippen LogP contribution in [0.3, 0.4) is 0 Å². The van der Waals surface area contributed by atoms with Crippen molar-refractivity contribution in [3.05, 3.63) is 59.2 Å². The Hall–Kier alpha value is -2.21. The van der Waals surface area contributed by atoms with E-state index >= 15 is 0 Å². The lowest BCUT2D eigenvalue weighted by molar-refractivity contribution is -0.137.